The molecule has 0 saturated carbocycles. The predicted molar refractivity (Wildman–Crippen MR) is 97.5 cm³/mol. The van der Waals surface area contributed by atoms with Crippen LogP contribution in [-0.2, 0) is 16.0 Å². The molecule has 0 unspecified atom stereocenters. The van der Waals surface area contributed by atoms with E-state index in [1.54, 1.807) is 12.1 Å². The van der Waals surface area contributed by atoms with E-state index >= 15 is 0 Å². The van der Waals surface area contributed by atoms with Crippen molar-refractivity contribution in [3.63, 3.8) is 0 Å². The summed E-state index contributed by atoms with van der Waals surface area (Å²) in [6, 6.07) is 13.0. The highest BCUT2D eigenvalue weighted by molar-refractivity contribution is 6.31. The Hall–Kier alpha value is -2.53. The lowest BCUT2D eigenvalue weighted by atomic mass is 10.1. The number of carbonyl (C=O) groups is 2. The summed E-state index contributed by atoms with van der Waals surface area (Å²) in [5, 5.41) is 0.626. The smallest absolute Gasteiger partial charge is 0.276 e. The van der Waals surface area contributed by atoms with Crippen molar-refractivity contribution < 1.29 is 14.3 Å². The van der Waals surface area contributed by atoms with Gasteiger partial charge in [0.1, 0.15) is 5.75 Å². The SMILES string of the molecule is Cc1cccc(OCC(=O)NNC(=O)CCc2ccccc2Cl)c1C. The fourth-order valence-electron chi connectivity index (χ4n) is 2.21. The standard InChI is InChI=1S/C19H21ClN2O3/c1-13-6-5-9-17(14(13)2)25-12-19(24)22-21-18(23)11-10-15-7-3-4-8-16(15)20/h3-9H,10-12H2,1-2H3,(H,21,23)(H,22,24). The van der Waals surface area contributed by atoms with E-state index < -0.39 is 5.91 Å². The lowest BCUT2D eigenvalue weighted by Gasteiger charge is -2.11. The van der Waals surface area contributed by atoms with Crippen LogP contribution in [0, 0.1) is 13.8 Å². The van der Waals surface area contributed by atoms with E-state index in [9.17, 15) is 9.59 Å². The van der Waals surface area contributed by atoms with Gasteiger partial charge in [-0.3, -0.25) is 20.4 Å². The molecule has 0 spiro atoms. The number of hydrogen-bond acceptors (Lipinski definition) is 3. The van der Waals surface area contributed by atoms with Crippen LogP contribution in [0.2, 0.25) is 5.02 Å². The summed E-state index contributed by atoms with van der Waals surface area (Å²) in [5.41, 5.74) is 7.68. The van der Waals surface area contributed by atoms with Gasteiger partial charge in [-0.25, -0.2) is 0 Å². The van der Waals surface area contributed by atoms with Gasteiger partial charge in [0.15, 0.2) is 6.61 Å². The van der Waals surface area contributed by atoms with Crippen molar-refractivity contribution in [2.75, 3.05) is 6.61 Å². The molecule has 2 aromatic rings. The third-order valence-corrected chi connectivity index (χ3v) is 4.20. The van der Waals surface area contributed by atoms with Crippen LogP contribution >= 0.6 is 11.6 Å². The maximum Gasteiger partial charge on any atom is 0.276 e. The van der Waals surface area contributed by atoms with E-state index in [2.05, 4.69) is 10.9 Å². The van der Waals surface area contributed by atoms with Crippen LogP contribution in [0.1, 0.15) is 23.1 Å². The number of ether oxygens (including phenoxy) is 1. The Kier molecular flexibility index (Phi) is 6.83. The molecule has 2 rings (SSSR count). The fourth-order valence-corrected chi connectivity index (χ4v) is 2.44. The van der Waals surface area contributed by atoms with Gasteiger partial charge in [-0.05, 0) is 49.1 Å². The predicted octanol–water partition coefficient (Wildman–Crippen LogP) is 3.12. The van der Waals surface area contributed by atoms with Crippen LogP contribution in [-0.4, -0.2) is 18.4 Å². The van der Waals surface area contributed by atoms with Gasteiger partial charge in [-0.2, -0.15) is 0 Å². The average Bonchev–Trinajstić information content (AvgIpc) is 2.60. The highest BCUT2D eigenvalue weighted by atomic mass is 35.5. The van der Waals surface area contributed by atoms with Crippen LogP contribution in [0.25, 0.3) is 0 Å². The van der Waals surface area contributed by atoms with Gasteiger partial charge in [-0.15, -0.1) is 0 Å². The maximum absolute atomic E-state index is 11.8. The Labute approximate surface area is 152 Å². The number of hydrogen-bond donors (Lipinski definition) is 2. The second kappa shape index (κ2) is 9.08. The third kappa shape index (κ3) is 5.80. The monoisotopic (exact) mass is 360 g/mol. The Morgan fingerprint density at radius 2 is 1.72 bits per heavy atom. The van der Waals surface area contributed by atoms with Gasteiger partial charge in [0.05, 0.1) is 0 Å². The van der Waals surface area contributed by atoms with Crippen molar-refractivity contribution in [3.05, 3.63) is 64.2 Å². The number of benzene rings is 2. The van der Waals surface area contributed by atoms with E-state index in [1.165, 1.54) is 0 Å². The first-order valence-electron chi connectivity index (χ1n) is 7.97. The normalized spacial score (nSPS) is 10.2. The maximum atomic E-state index is 11.8. The van der Waals surface area contributed by atoms with Gasteiger partial charge in [-0.1, -0.05) is 41.9 Å². The third-order valence-electron chi connectivity index (χ3n) is 3.83. The molecule has 132 valence electrons. The van der Waals surface area contributed by atoms with E-state index in [0.29, 0.717) is 17.2 Å². The van der Waals surface area contributed by atoms with E-state index in [-0.39, 0.29) is 18.9 Å². The molecule has 0 heterocycles. The molecule has 0 radical (unpaired) electrons. The summed E-state index contributed by atoms with van der Waals surface area (Å²) in [6.07, 6.45) is 0.724. The number of rotatable bonds is 6. The number of hydrazine groups is 1. The number of aryl methyl sites for hydroxylation is 2. The Morgan fingerprint density at radius 3 is 2.48 bits per heavy atom. The second-order valence-electron chi connectivity index (χ2n) is 5.67. The van der Waals surface area contributed by atoms with Gasteiger partial charge >= 0.3 is 0 Å². The molecular weight excluding hydrogens is 340 g/mol. The van der Waals surface area contributed by atoms with E-state index in [1.807, 2.05) is 44.2 Å². The number of amides is 2. The molecule has 0 saturated heterocycles. The number of carbonyl (C=O) groups excluding carboxylic acids is 2. The summed E-state index contributed by atoms with van der Waals surface area (Å²) in [4.78, 5) is 23.6. The zero-order valence-electron chi connectivity index (χ0n) is 14.3. The molecule has 0 aliphatic heterocycles. The van der Waals surface area contributed by atoms with Crippen LogP contribution in [0.15, 0.2) is 42.5 Å². The van der Waals surface area contributed by atoms with Gasteiger partial charge < -0.3 is 4.74 Å². The molecule has 0 aliphatic carbocycles. The van der Waals surface area contributed by atoms with Crippen LogP contribution in [0.3, 0.4) is 0 Å². The second-order valence-corrected chi connectivity index (χ2v) is 6.08. The summed E-state index contributed by atoms with van der Waals surface area (Å²) >= 11 is 6.04. The van der Waals surface area contributed by atoms with Crippen molar-refractivity contribution in [3.8, 4) is 5.75 Å². The van der Waals surface area contributed by atoms with Crippen molar-refractivity contribution in [1.82, 2.24) is 10.9 Å². The van der Waals surface area contributed by atoms with Gasteiger partial charge in [0.2, 0.25) is 5.91 Å². The van der Waals surface area contributed by atoms with E-state index in [0.717, 1.165) is 16.7 Å². The Bertz CT molecular complexity index is 762. The highest BCUT2D eigenvalue weighted by Crippen LogP contribution is 2.20. The lowest BCUT2D eigenvalue weighted by molar-refractivity contribution is -0.130. The zero-order chi connectivity index (χ0) is 18.2. The molecular formula is C19H21ClN2O3. The first-order valence-corrected chi connectivity index (χ1v) is 8.35. The summed E-state index contributed by atoms with van der Waals surface area (Å²) in [6.45, 7) is 3.73. The Balaban J connectivity index is 1.71. The van der Waals surface area contributed by atoms with Crippen molar-refractivity contribution in [2.45, 2.75) is 26.7 Å². The average molecular weight is 361 g/mol. The summed E-state index contributed by atoms with van der Waals surface area (Å²) in [7, 11) is 0. The molecule has 0 aromatic heterocycles. The molecule has 25 heavy (non-hydrogen) atoms. The van der Waals surface area contributed by atoms with Crippen LogP contribution in [0.4, 0.5) is 0 Å². The fraction of sp³-hybridized carbons (Fsp3) is 0.263. The van der Waals surface area contributed by atoms with Gasteiger partial charge in [0.25, 0.3) is 5.91 Å². The lowest BCUT2D eigenvalue weighted by Crippen LogP contribution is -2.43. The van der Waals surface area contributed by atoms with E-state index in [4.69, 9.17) is 16.3 Å². The first-order chi connectivity index (χ1) is 12.0. The highest BCUT2D eigenvalue weighted by Gasteiger charge is 2.08. The number of halogens is 1. The Morgan fingerprint density at radius 1 is 1.00 bits per heavy atom. The molecule has 0 fully saturated rings. The topological polar surface area (TPSA) is 67.4 Å². The van der Waals surface area contributed by atoms with Crippen LogP contribution < -0.4 is 15.6 Å². The van der Waals surface area contributed by atoms with Crippen molar-refractivity contribution >= 4 is 23.4 Å². The molecule has 5 nitrogen and oxygen atoms in total. The van der Waals surface area contributed by atoms with Gasteiger partial charge in [0, 0.05) is 11.4 Å². The molecule has 2 amide bonds. The van der Waals surface area contributed by atoms with Crippen LogP contribution in [0.5, 0.6) is 5.75 Å². The molecule has 2 aromatic carbocycles. The number of nitrogens with one attached hydrogen (secondary N) is 2. The van der Waals surface area contributed by atoms with Crippen molar-refractivity contribution in [2.24, 2.45) is 0 Å². The minimum Gasteiger partial charge on any atom is -0.483 e. The molecule has 2 N–H and O–H groups in total. The largest absolute Gasteiger partial charge is 0.483 e. The summed E-state index contributed by atoms with van der Waals surface area (Å²) in [5.74, 6) is -0.0628. The molecule has 6 heteroatoms. The quantitative estimate of drug-likeness (QED) is 0.778. The molecule has 0 bridgehead atoms. The minimum absolute atomic E-state index is 0.172. The zero-order valence-corrected chi connectivity index (χ0v) is 15.0. The molecule has 0 aliphatic rings. The summed E-state index contributed by atoms with van der Waals surface area (Å²) < 4.78 is 5.48. The van der Waals surface area contributed by atoms with Crippen molar-refractivity contribution in [1.29, 1.82) is 0 Å². The first kappa shape index (κ1) is 18.8. The molecule has 0 atom stereocenters. The minimum atomic E-state index is -0.424.